The molecule has 1 aliphatic heterocycles. The second-order valence-corrected chi connectivity index (χ2v) is 10.5. The second kappa shape index (κ2) is 8.09. The maximum Gasteiger partial charge on any atom is 0.310 e. The molecule has 2 aliphatic carbocycles. The number of esters is 1. The van der Waals surface area contributed by atoms with Crippen molar-refractivity contribution in [3.63, 3.8) is 0 Å². The van der Waals surface area contributed by atoms with Crippen LogP contribution in [0.3, 0.4) is 0 Å². The molecular weight excluding hydrogens is 405 g/mol. The first-order chi connectivity index (χ1) is 15.3. The van der Waals surface area contributed by atoms with Gasteiger partial charge in [-0.1, -0.05) is 18.2 Å². The Morgan fingerprint density at radius 1 is 1.09 bits per heavy atom. The molecule has 0 radical (unpaired) electrons. The van der Waals surface area contributed by atoms with Gasteiger partial charge >= 0.3 is 5.97 Å². The molecule has 2 unspecified atom stereocenters. The van der Waals surface area contributed by atoms with Gasteiger partial charge in [0, 0.05) is 19.2 Å². The fourth-order valence-corrected chi connectivity index (χ4v) is 4.70. The van der Waals surface area contributed by atoms with Crippen LogP contribution >= 0.6 is 0 Å². The molecule has 0 bridgehead atoms. The minimum atomic E-state index is -0.445. The van der Waals surface area contributed by atoms with Crippen LogP contribution in [-0.2, 0) is 22.5 Å². The highest BCUT2D eigenvalue weighted by Gasteiger charge is 2.46. The van der Waals surface area contributed by atoms with Gasteiger partial charge in [0.05, 0.1) is 17.7 Å². The summed E-state index contributed by atoms with van der Waals surface area (Å²) < 4.78 is 26.2. The molecule has 0 amide bonds. The van der Waals surface area contributed by atoms with Gasteiger partial charge < -0.3 is 14.4 Å². The summed E-state index contributed by atoms with van der Waals surface area (Å²) in [5.74, 6) is 0.690. The molecule has 2 aromatic carbocycles. The van der Waals surface area contributed by atoms with Crippen molar-refractivity contribution >= 4 is 11.7 Å². The van der Waals surface area contributed by atoms with E-state index in [-0.39, 0.29) is 29.7 Å². The quantitative estimate of drug-likeness (QED) is 0.557. The predicted octanol–water partition coefficient (Wildman–Crippen LogP) is 5.76. The van der Waals surface area contributed by atoms with Crippen LogP contribution in [-0.4, -0.2) is 24.2 Å². The normalized spacial score (nSPS) is 22.7. The van der Waals surface area contributed by atoms with Crippen LogP contribution in [0.4, 0.5) is 10.1 Å². The molecule has 0 N–H and O–H groups in total. The topological polar surface area (TPSA) is 38.8 Å². The van der Waals surface area contributed by atoms with Crippen molar-refractivity contribution in [2.24, 2.45) is 5.92 Å². The van der Waals surface area contributed by atoms with Gasteiger partial charge in [-0.15, -0.1) is 0 Å². The Balaban J connectivity index is 1.27. The largest absolute Gasteiger partial charge is 0.490 e. The fraction of sp³-hybridized carbons (Fsp3) is 0.519. The Hall–Kier alpha value is -2.56. The van der Waals surface area contributed by atoms with Crippen LogP contribution in [0, 0.1) is 11.7 Å². The van der Waals surface area contributed by atoms with Gasteiger partial charge in [-0.05, 0) is 87.6 Å². The lowest BCUT2D eigenvalue weighted by molar-refractivity contribution is -0.156. The number of carbonyl (C=O) groups excluding carboxylic acids is 1. The molecule has 170 valence electrons. The van der Waals surface area contributed by atoms with Crippen LogP contribution in [0.25, 0.3) is 0 Å². The van der Waals surface area contributed by atoms with Crippen LogP contribution < -0.4 is 9.64 Å². The number of nitrogens with zero attached hydrogens (tertiary/aromatic N) is 1. The molecule has 5 rings (SSSR count). The van der Waals surface area contributed by atoms with E-state index < -0.39 is 5.60 Å². The van der Waals surface area contributed by atoms with Gasteiger partial charge in [0.15, 0.2) is 0 Å². The first-order valence-electron chi connectivity index (χ1n) is 11.8. The van der Waals surface area contributed by atoms with E-state index in [4.69, 9.17) is 9.47 Å². The monoisotopic (exact) mass is 437 g/mol. The molecule has 2 atom stereocenters. The van der Waals surface area contributed by atoms with E-state index in [1.807, 2.05) is 26.8 Å². The summed E-state index contributed by atoms with van der Waals surface area (Å²) in [6, 6.07) is 11.6. The van der Waals surface area contributed by atoms with Crippen LogP contribution in [0.5, 0.6) is 5.75 Å². The van der Waals surface area contributed by atoms with Crippen molar-refractivity contribution in [3.05, 3.63) is 58.9 Å². The van der Waals surface area contributed by atoms with E-state index in [1.54, 1.807) is 6.07 Å². The SMILES string of the molecule is CC(C)(C)OC(=O)C1CC1c1ccc2c(c1)CCN(c1cc(OC3CCC3)ccc1F)C2. The average molecular weight is 438 g/mol. The van der Waals surface area contributed by atoms with E-state index in [0.717, 1.165) is 38.0 Å². The Labute approximate surface area is 189 Å². The van der Waals surface area contributed by atoms with Gasteiger partial charge in [-0.3, -0.25) is 4.79 Å². The van der Waals surface area contributed by atoms with Gasteiger partial charge in [-0.25, -0.2) is 4.39 Å². The third-order valence-electron chi connectivity index (χ3n) is 6.78. The van der Waals surface area contributed by atoms with Gasteiger partial charge in [0.2, 0.25) is 0 Å². The van der Waals surface area contributed by atoms with Crippen LogP contribution in [0.15, 0.2) is 36.4 Å². The molecule has 32 heavy (non-hydrogen) atoms. The lowest BCUT2D eigenvalue weighted by Gasteiger charge is -2.32. The van der Waals surface area contributed by atoms with Crippen molar-refractivity contribution in [2.45, 2.75) is 77.0 Å². The summed E-state index contributed by atoms with van der Waals surface area (Å²) in [7, 11) is 0. The zero-order valence-corrected chi connectivity index (χ0v) is 19.2. The molecule has 0 spiro atoms. The predicted molar refractivity (Wildman–Crippen MR) is 123 cm³/mol. The third-order valence-corrected chi connectivity index (χ3v) is 6.78. The van der Waals surface area contributed by atoms with Gasteiger partial charge in [0.25, 0.3) is 0 Å². The molecule has 1 heterocycles. The maximum atomic E-state index is 14.6. The lowest BCUT2D eigenvalue weighted by Crippen LogP contribution is -2.31. The van der Waals surface area contributed by atoms with E-state index in [1.165, 1.54) is 29.2 Å². The summed E-state index contributed by atoms with van der Waals surface area (Å²) in [4.78, 5) is 14.5. The Morgan fingerprint density at radius 3 is 2.62 bits per heavy atom. The van der Waals surface area contributed by atoms with Crippen LogP contribution in [0.2, 0.25) is 0 Å². The number of ether oxygens (including phenoxy) is 2. The lowest BCUT2D eigenvalue weighted by atomic mass is 9.95. The smallest absolute Gasteiger partial charge is 0.310 e. The molecule has 2 saturated carbocycles. The third kappa shape index (κ3) is 4.48. The summed E-state index contributed by atoms with van der Waals surface area (Å²) in [6.07, 6.45) is 5.38. The molecule has 2 aromatic rings. The number of benzene rings is 2. The van der Waals surface area contributed by atoms with Crippen molar-refractivity contribution in [1.29, 1.82) is 0 Å². The first-order valence-corrected chi connectivity index (χ1v) is 11.8. The second-order valence-electron chi connectivity index (χ2n) is 10.5. The molecule has 0 saturated heterocycles. The Morgan fingerprint density at radius 2 is 1.91 bits per heavy atom. The van der Waals surface area contributed by atoms with Gasteiger partial charge in [-0.2, -0.15) is 0 Å². The van der Waals surface area contributed by atoms with Crippen LogP contribution in [0.1, 0.15) is 69.1 Å². The number of hydrogen-bond acceptors (Lipinski definition) is 4. The fourth-order valence-electron chi connectivity index (χ4n) is 4.70. The summed E-state index contributed by atoms with van der Waals surface area (Å²) >= 11 is 0. The minimum Gasteiger partial charge on any atom is -0.490 e. The number of halogens is 1. The molecule has 5 heteroatoms. The minimum absolute atomic E-state index is 0.0279. The Kier molecular flexibility index (Phi) is 5.39. The molecule has 2 fully saturated rings. The highest BCUT2D eigenvalue weighted by atomic mass is 19.1. The number of fused-ring (bicyclic) bond motifs is 1. The highest BCUT2D eigenvalue weighted by molar-refractivity contribution is 5.77. The number of carbonyl (C=O) groups is 1. The first kappa shape index (κ1) is 21.3. The number of hydrogen-bond donors (Lipinski definition) is 0. The standard InChI is InChI=1S/C27H32FNO3/c1-27(2,3)32-26(30)23-15-22(23)18-7-8-19-16-29(12-11-17(19)13-18)25-14-21(9-10-24(25)28)31-20-5-4-6-20/h7-10,13-14,20,22-23H,4-6,11-12,15-16H2,1-3H3. The average Bonchev–Trinajstić information content (AvgIpc) is 3.51. The highest BCUT2D eigenvalue weighted by Crippen LogP contribution is 2.49. The summed E-state index contributed by atoms with van der Waals surface area (Å²) in [5.41, 5.74) is 3.91. The summed E-state index contributed by atoms with van der Waals surface area (Å²) in [5, 5.41) is 0. The van der Waals surface area contributed by atoms with Crippen molar-refractivity contribution < 1.29 is 18.7 Å². The molecule has 0 aromatic heterocycles. The number of anilines is 1. The van der Waals surface area contributed by atoms with Crippen molar-refractivity contribution in [2.75, 3.05) is 11.4 Å². The zero-order chi connectivity index (χ0) is 22.5. The van der Waals surface area contributed by atoms with E-state index in [0.29, 0.717) is 12.2 Å². The Bertz CT molecular complexity index is 1020. The molecule has 3 aliphatic rings. The van der Waals surface area contributed by atoms with E-state index in [9.17, 15) is 9.18 Å². The number of rotatable bonds is 5. The van der Waals surface area contributed by atoms with Crippen molar-refractivity contribution in [3.8, 4) is 5.75 Å². The maximum absolute atomic E-state index is 14.6. The van der Waals surface area contributed by atoms with Crippen molar-refractivity contribution in [1.82, 2.24) is 0 Å². The van der Waals surface area contributed by atoms with E-state index >= 15 is 0 Å². The van der Waals surface area contributed by atoms with E-state index in [2.05, 4.69) is 23.1 Å². The molecular formula is C27H32FNO3. The molecule has 4 nitrogen and oxygen atoms in total. The van der Waals surface area contributed by atoms with Gasteiger partial charge in [0.1, 0.15) is 17.2 Å². The zero-order valence-electron chi connectivity index (χ0n) is 19.2. The summed E-state index contributed by atoms with van der Waals surface area (Å²) in [6.45, 7) is 7.17.